The van der Waals surface area contributed by atoms with Gasteiger partial charge in [0.1, 0.15) is 5.69 Å². The van der Waals surface area contributed by atoms with Gasteiger partial charge in [0, 0.05) is 12.2 Å². The van der Waals surface area contributed by atoms with E-state index in [1.807, 2.05) is 19.1 Å². The van der Waals surface area contributed by atoms with Gasteiger partial charge < -0.3 is 9.84 Å². The highest BCUT2D eigenvalue weighted by molar-refractivity contribution is 5.49. The third-order valence-corrected chi connectivity index (χ3v) is 4.75. The van der Waals surface area contributed by atoms with Crippen LogP contribution in [0.2, 0.25) is 0 Å². The average molecular weight is 284 g/mol. The summed E-state index contributed by atoms with van der Waals surface area (Å²) in [5, 5.41) is 7.77. The van der Waals surface area contributed by atoms with Crippen LogP contribution < -0.4 is 5.32 Å². The second-order valence-electron chi connectivity index (χ2n) is 6.28. The van der Waals surface area contributed by atoms with E-state index in [1.54, 1.807) is 6.20 Å². The molecule has 0 bridgehead atoms. The molecule has 0 radical (unpaired) electrons. The normalized spacial score (nSPS) is 28.5. The Morgan fingerprint density at radius 1 is 1.29 bits per heavy atom. The minimum Gasteiger partial charge on any atom is -0.337 e. The number of fused-ring (bicyclic) bond motifs is 1. The fourth-order valence-corrected chi connectivity index (χ4v) is 3.65. The molecule has 3 atom stereocenters. The van der Waals surface area contributed by atoms with Gasteiger partial charge in [0.05, 0.1) is 6.04 Å². The van der Waals surface area contributed by atoms with Gasteiger partial charge in [-0.25, -0.2) is 0 Å². The van der Waals surface area contributed by atoms with Crippen LogP contribution in [0.3, 0.4) is 0 Å². The Bertz CT molecular complexity index is 625. The fraction of sp³-hybridized carbons (Fsp3) is 0.562. The van der Waals surface area contributed by atoms with E-state index in [-0.39, 0.29) is 6.04 Å². The lowest BCUT2D eigenvalue weighted by atomic mass is 9.85. The fourth-order valence-electron chi connectivity index (χ4n) is 3.65. The van der Waals surface area contributed by atoms with Crippen LogP contribution >= 0.6 is 0 Å². The van der Waals surface area contributed by atoms with Gasteiger partial charge in [-0.15, -0.1) is 0 Å². The van der Waals surface area contributed by atoms with E-state index in [9.17, 15) is 0 Å². The zero-order chi connectivity index (χ0) is 14.2. The molecule has 1 saturated carbocycles. The maximum absolute atomic E-state index is 5.49. The molecule has 5 heteroatoms. The Morgan fingerprint density at radius 2 is 2.19 bits per heavy atom. The molecule has 5 nitrogen and oxygen atoms in total. The summed E-state index contributed by atoms with van der Waals surface area (Å²) < 4.78 is 5.49. The molecule has 2 aliphatic rings. The van der Waals surface area contributed by atoms with Crippen molar-refractivity contribution < 1.29 is 4.52 Å². The molecule has 4 rings (SSSR count). The summed E-state index contributed by atoms with van der Waals surface area (Å²) in [5.41, 5.74) is 1.93. The molecule has 1 aliphatic heterocycles. The van der Waals surface area contributed by atoms with E-state index >= 15 is 0 Å². The molecule has 3 unspecified atom stereocenters. The van der Waals surface area contributed by atoms with Gasteiger partial charge >= 0.3 is 0 Å². The summed E-state index contributed by atoms with van der Waals surface area (Å²) in [7, 11) is 0. The molecular weight excluding hydrogens is 264 g/mol. The second-order valence-corrected chi connectivity index (χ2v) is 6.28. The molecule has 0 aromatic carbocycles. The zero-order valence-corrected chi connectivity index (χ0v) is 12.2. The van der Waals surface area contributed by atoms with Crippen LogP contribution in [0.4, 0.5) is 0 Å². The van der Waals surface area contributed by atoms with Crippen LogP contribution in [0.5, 0.6) is 0 Å². The number of nitrogens with zero attached hydrogens (tertiary/aromatic N) is 3. The first-order valence-corrected chi connectivity index (χ1v) is 7.82. The summed E-state index contributed by atoms with van der Waals surface area (Å²) in [5.74, 6) is 2.07. The highest BCUT2D eigenvalue weighted by Crippen LogP contribution is 2.38. The Balaban J connectivity index is 1.55. The highest BCUT2D eigenvalue weighted by Gasteiger charge is 2.38. The highest BCUT2D eigenvalue weighted by atomic mass is 16.5. The van der Waals surface area contributed by atoms with Gasteiger partial charge in [-0.1, -0.05) is 18.0 Å². The molecule has 0 spiro atoms. The largest absolute Gasteiger partial charge is 0.337 e. The standard InChI is InChI=1S/C16H20N4O/c1-10-6-7-17-13(8-10)15-19-16(21-20-15)14-9-11-4-2-3-5-12(11)18-14/h6-8,11-12,14,18H,2-5,9H2,1H3. The van der Waals surface area contributed by atoms with E-state index in [1.165, 1.54) is 25.7 Å². The lowest BCUT2D eigenvalue weighted by Gasteiger charge is -2.24. The number of hydrogen-bond donors (Lipinski definition) is 1. The van der Waals surface area contributed by atoms with E-state index in [0.717, 1.165) is 23.6 Å². The molecular formula is C16H20N4O. The van der Waals surface area contributed by atoms with Crippen molar-refractivity contribution in [3.05, 3.63) is 29.8 Å². The molecule has 0 amide bonds. The maximum atomic E-state index is 5.49. The van der Waals surface area contributed by atoms with Gasteiger partial charge in [-0.05, 0) is 49.8 Å². The number of nitrogens with one attached hydrogen (secondary N) is 1. The van der Waals surface area contributed by atoms with Gasteiger partial charge in [0.25, 0.3) is 0 Å². The summed E-state index contributed by atoms with van der Waals surface area (Å²) in [6.07, 6.45) is 8.20. The second kappa shape index (κ2) is 5.22. The Morgan fingerprint density at radius 3 is 3.05 bits per heavy atom. The van der Waals surface area contributed by atoms with Crippen LogP contribution in [0.15, 0.2) is 22.9 Å². The minimum atomic E-state index is 0.212. The van der Waals surface area contributed by atoms with E-state index < -0.39 is 0 Å². The molecule has 3 heterocycles. The quantitative estimate of drug-likeness (QED) is 0.918. The molecule has 21 heavy (non-hydrogen) atoms. The summed E-state index contributed by atoms with van der Waals surface area (Å²) in [6.45, 7) is 2.04. The Kier molecular flexibility index (Phi) is 3.22. The minimum absolute atomic E-state index is 0.212. The van der Waals surface area contributed by atoms with Crippen LogP contribution in [0, 0.1) is 12.8 Å². The van der Waals surface area contributed by atoms with Crippen molar-refractivity contribution in [1.29, 1.82) is 0 Å². The molecule has 2 aromatic rings. The van der Waals surface area contributed by atoms with Gasteiger partial charge in [0.2, 0.25) is 11.7 Å². The number of pyridine rings is 1. The van der Waals surface area contributed by atoms with Crippen molar-refractivity contribution in [1.82, 2.24) is 20.4 Å². The van der Waals surface area contributed by atoms with Crippen molar-refractivity contribution in [3.8, 4) is 11.5 Å². The van der Waals surface area contributed by atoms with Gasteiger partial charge in [0.15, 0.2) is 0 Å². The molecule has 110 valence electrons. The first-order valence-electron chi connectivity index (χ1n) is 7.82. The van der Waals surface area contributed by atoms with E-state index in [4.69, 9.17) is 4.52 Å². The predicted molar refractivity (Wildman–Crippen MR) is 78.5 cm³/mol. The summed E-state index contributed by atoms with van der Waals surface area (Å²) >= 11 is 0. The topological polar surface area (TPSA) is 63.8 Å². The molecule has 2 fully saturated rings. The van der Waals surface area contributed by atoms with Crippen LogP contribution in [-0.2, 0) is 0 Å². The van der Waals surface area contributed by atoms with Crippen molar-refractivity contribution >= 4 is 0 Å². The van der Waals surface area contributed by atoms with Crippen LogP contribution in [0.1, 0.15) is 49.6 Å². The predicted octanol–water partition coefficient (Wildman–Crippen LogP) is 3.03. The summed E-state index contributed by atoms with van der Waals surface area (Å²) in [6, 6.07) is 4.80. The lowest BCUT2D eigenvalue weighted by Crippen LogP contribution is -2.30. The van der Waals surface area contributed by atoms with E-state index in [2.05, 4.69) is 20.4 Å². The molecule has 1 aliphatic carbocycles. The third kappa shape index (κ3) is 2.46. The monoisotopic (exact) mass is 284 g/mol. The molecule has 2 aromatic heterocycles. The van der Waals surface area contributed by atoms with Gasteiger partial charge in [-0.2, -0.15) is 4.98 Å². The van der Waals surface area contributed by atoms with Gasteiger partial charge in [-0.3, -0.25) is 4.98 Å². The molecule has 1 N–H and O–H groups in total. The van der Waals surface area contributed by atoms with Crippen LogP contribution in [0.25, 0.3) is 11.5 Å². The number of rotatable bonds is 2. The van der Waals surface area contributed by atoms with Crippen molar-refractivity contribution in [2.24, 2.45) is 5.92 Å². The van der Waals surface area contributed by atoms with Crippen molar-refractivity contribution in [2.45, 2.75) is 51.1 Å². The smallest absolute Gasteiger partial charge is 0.244 e. The SMILES string of the molecule is Cc1ccnc(-c2noc(C3CC4CCCCC4N3)n2)c1. The zero-order valence-electron chi connectivity index (χ0n) is 12.2. The molecule has 1 saturated heterocycles. The van der Waals surface area contributed by atoms with E-state index in [0.29, 0.717) is 17.8 Å². The first kappa shape index (κ1) is 13.0. The van der Waals surface area contributed by atoms with Crippen LogP contribution in [-0.4, -0.2) is 21.2 Å². The van der Waals surface area contributed by atoms with Crippen molar-refractivity contribution in [2.75, 3.05) is 0 Å². The van der Waals surface area contributed by atoms with Crippen molar-refractivity contribution in [3.63, 3.8) is 0 Å². The number of aromatic nitrogens is 3. The maximum Gasteiger partial charge on any atom is 0.244 e. The first-order chi connectivity index (χ1) is 10.3. The Hall–Kier alpha value is -1.75. The third-order valence-electron chi connectivity index (χ3n) is 4.75. The number of hydrogen-bond acceptors (Lipinski definition) is 5. The lowest BCUT2D eigenvalue weighted by molar-refractivity contribution is 0.324. The Labute approximate surface area is 124 Å². The average Bonchev–Trinajstić information content (AvgIpc) is 3.14. The summed E-state index contributed by atoms with van der Waals surface area (Å²) in [4.78, 5) is 8.88. The number of aryl methyl sites for hydroxylation is 1.